The smallest absolute Gasteiger partial charge is 0.314 e. The zero-order valence-corrected chi connectivity index (χ0v) is 24.7. The van der Waals surface area contributed by atoms with Crippen LogP contribution in [0.3, 0.4) is 0 Å². The summed E-state index contributed by atoms with van der Waals surface area (Å²) in [5.74, 6) is 0.416. The highest BCUT2D eigenvalue weighted by Crippen LogP contribution is 2.31. The topological polar surface area (TPSA) is 67.2 Å². The van der Waals surface area contributed by atoms with E-state index in [1.54, 1.807) is 58.0 Å². The zero-order chi connectivity index (χ0) is 29.1. The summed E-state index contributed by atoms with van der Waals surface area (Å²) in [7, 11) is 0. The Morgan fingerprint density at radius 3 is 2.44 bits per heavy atom. The molecule has 4 aromatic carbocycles. The molecule has 1 unspecified atom stereocenters. The van der Waals surface area contributed by atoms with Crippen LogP contribution >= 0.6 is 34.8 Å². The van der Waals surface area contributed by atoms with E-state index in [1.807, 2.05) is 56.3 Å². The number of para-hydroxylation sites is 1. The summed E-state index contributed by atoms with van der Waals surface area (Å²) in [6.07, 6.45) is 0.583. The molecule has 41 heavy (non-hydrogen) atoms. The van der Waals surface area contributed by atoms with Crippen LogP contribution in [0.25, 0.3) is 16.6 Å². The van der Waals surface area contributed by atoms with E-state index in [1.165, 1.54) is 0 Å². The Morgan fingerprint density at radius 2 is 1.68 bits per heavy atom. The maximum atomic E-state index is 14.0. The number of aryl methyl sites for hydroxylation is 1. The summed E-state index contributed by atoms with van der Waals surface area (Å²) in [6, 6.07) is 26.4. The number of aromatic nitrogens is 2. The molecule has 0 saturated heterocycles. The predicted octanol–water partition coefficient (Wildman–Crippen LogP) is 8.49. The quantitative estimate of drug-likeness (QED) is 0.202. The van der Waals surface area contributed by atoms with Crippen molar-refractivity contribution in [3.05, 3.63) is 133 Å². The number of hydrogen-bond donors (Lipinski definition) is 1. The minimum absolute atomic E-state index is 0.232. The van der Waals surface area contributed by atoms with Crippen molar-refractivity contribution < 1.29 is 4.79 Å². The first-order valence-electron chi connectivity index (χ1n) is 13.1. The van der Waals surface area contributed by atoms with Gasteiger partial charge in [0.1, 0.15) is 5.82 Å². The van der Waals surface area contributed by atoms with Crippen molar-refractivity contribution in [2.45, 2.75) is 26.3 Å². The predicted molar refractivity (Wildman–Crippen MR) is 168 cm³/mol. The first kappa shape index (κ1) is 28.7. The molecule has 9 heteroatoms. The molecule has 6 nitrogen and oxygen atoms in total. The van der Waals surface area contributed by atoms with Crippen molar-refractivity contribution in [1.82, 2.24) is 14.5 Å². The zero-order valence-electron chi connectivity index (χ0n) is 22.4. The van der Waals surface area contributed by atoms with E-state index < -0.39 is 12.1 Å². The van der Waals surface area contributed by atoms with E-state index in [4.69, 9.17) is 39.8 Å². The van der Waals surface area contributed by atoms with Crippen LogP contribution in [0.4, 0.5) is 10.5 Å². The summed E-state index contributed by atoms with van der Waals surface area (Å²) in [4.78, 5) is 34.5. The number of urea groups is 1. The lowest BCUT2D eigenvalue weighted by molar-refractivity contribution is 0.190. The van der Waals surface area contributed by atoms with E-state index in [0.717, 1.165) is 11.1 Å². The molecule has 0 saturated carbocycles. The summed E-state index contributed by atoms with van der Waals surface area (Å²) >= 11 is 18.9. The Balaban J connectivity index is 1.63. The Kier molecular flexibility index (Phi) is 8.64. The van der Waals surface area contributed by atoms with Crippen LogP contribution in [-0.2, 0) is 6.42 Å². The van der Waals surface area contributed by atoms with Crippen molar-refractivity contribution in [2.24, 2.45) is 0 Å². The van der Waals surface area contributed by atoms with E-state index in [-0.39, 0.29) is 10.6 Å². The fourth-order valence-electron chi connectivity index (χ4n) is 4.82. The number of amides is 2. The van der Waals surface area contributed by atoms with Gasteiger partial charge in [0.15, 0.2) is 0 Å². The SMILES string of the molecule is Cc1cc(Cl)ccc1-n1c(C(C)N(CCc2ccccc2)C(=O)Nc2cccc(Cl)c2Cl)nc2ccccc2c1=O. The largest absolute Gasteiger partial charge is 0.322 e. The van der Waals surface area contributed by atoms with Gasteiger partial charge >= 0.3 is 6.03 Å². The molecule has 1 aromatic heterocycles. The van der Waals surface area contributed by atoms with Crippen molar-refractivity contribution in [2.75, 3.05) is 11.9 Å². The number of anilines is 1. The Hall–Kier alpha value is -3.84. The van der Waals surface area contributed by atoms with Crippen molar-refractivity contribution in [1.29, 1.82) is 0 Å². The molecule has 5 aromatic rings. The average molecular weight is 606 g/mol. The lowest BCUT2D eigenvalue weighted by atomic mass is 10.1. The number of hydrogen-bond acceptors (Lipinski definition) is 3. The summed E-state index contributed by atoms with van der Waals surface area (Å²) in [5.41, 5.74) is 3.21. The number of nitrogens with zero attached hydrogens (tertiary/aromatic N) is 3. The molecular formula is C32H27Cl3N4O2. The van der Waals surface area contributed by atoms with Gasteiger partial charge < -0.3 is 10.2 Å². The van der Waals surface area contributed by atoms with Gasteiger partial charge in [0, 0.05) is 11.6 Å². The molecule has 0 aliphatic heterocycles. The van der Waals surface area contributed by atoms with Crippen LogP contribution < -0.4 is 10.9 Å². The van der Waals surface area contributed by atoms with Gasteiger partial charge in [-0.3, -0.25) is 9.36 Å². The lowest BCUT2D eigenvalue weighted by Crippen LogP contribution is -2.41. The number of fused-ring (bicyclic) bond motifs is 1. The van der Waals surface area contributed by atoms with Gasteiger partial charge in [0.25, 0.3) is 5.56 Å². The molecular weight excluding hydrogens is 579 g/mol. The molecule has 0 aliphatic carbocycles. The Morgan fingerprint density at radius 1 is 0.951 bits per heavy atom. The summed E-state index contributed by atoms with van der Waals surface area (Å²) < 4.78 is 1.58. The van der Waals surface area contributed by atoms with Crippen molar-refractivity contribution >= 4 is 57.4 Å². The molecule has 0 bridgehead atoms. The highest BCUT2D eigenvalue weighted by Gasteiger charge is 2.28. The summed E-state index contributed by atoms with van der Waals surface area (Å²) in [5, 5.41) is 4.52. The second-order valence-corrected chi connectivity index (χ2v) is 10.9. The minimum atomic E-state index is -0.621. The van der Waals surface area contributed by atoms with Gasteiger partial charge in [-0.05, 0) is 73.9 Å². The first-order valence-corrected chi connectivity index (χ1v) is 14.2. The van der Waals surface area contributed by atoms with Crippen LogP contribution in [-0.4, -0.2) is 27.0 Å². The molecule has 1 N–H and O–H groups in total. The number of rotatable bonds is 7. The van der Waals surface area contributed by atoms with Crippen LogP contribution in [0.15, 0.2) is 95.8 Å². The number of benzene rings is 4. The second kappa shape index (κ2) is 12.4. The number of carbonyl (C=O) groups excluding carboxylic acids is 1. The van der Waals surface area contributed by atoms with Crippen LogP contribution in [0, 0.1) is 6.92 Å². The molecule has 1 heterocycles. The molecule has 5 rings (SSSR count). The maximum absolute atomic E-state index is 14.0. The van der Waals surface area contributed by atoms with Crippen LogP contribution in [0.2, 0.25) is 15.1 Å². The highest BCUT2D eigenvalue weighted by molar-refractivity contribution is 6.44. The number of halogens is 3. The average Bonchev–Trinajstić information content (AvgIpc) is 2.96. The van der Waals surface area contributed by atoms with E-state index in [0.29, 0.717) is 51.1 Å². The van der Waals surface area contributed by atoms with Gasteiger partial charge in [-0.1, -0.05) is 83.3 Å². The molecule has 2 amide bonds. The number of nitrogens with one attached hydrogen (secondary N) is 1. The van der Waals surface area contributed by atoms with Crippen LogP contribution in [0.5, 0.6) is 0 Å². The monoisotopic (exact) mass is 604 g/mol. The van der Waals surface area contributed by atoms with Gasteiger partial charge in [-0.15, -0.1) is 0 Å². The molecule has 0 fully saturated rings. The van der Waals surface area contributed by atoms with Gasteiger partial charge in [0.05, 0.1) is 38.4 Å². The minimum Gasteiger partial charge on any atom is -0.314 e. The molecule has 1 atom stereocenters. The Bertz CT molecular complexity index is 1790. The standard InChI is InChI=1S/C32H27Cl3N4O2/c1-20-19-23(33)15-16-28(20)39-30(36-26-13-7-6-11-24(26)31(39)40)21(2)38(18-17-22-9-4-3-5-10-22)32(41)37-27-14-8-12-25(34)29(27)35/h3-16,19,21H,17-18H2,1-2H3,(H,37,41). The first-order chi connectivity index (χ1) is 19.7. The summed E-state index contributed by atoms with van der Waals surface area (Å²) in [6.45, 7) is 4.10. The molecule has 0 spiro atoms. The normalized spacial score (nSPS) is 11.8. The molecule has 0 aliphatic rings. The second-order valence-electron chi connectivity index (χ2n) is 9.70. The van der Waals surface area contributed by atoms with E-state index in [2.05, 4.69) is 5.32 Å². The third-order valence-electron chi connectivity index (χ3n) is 6.98. The van der Waals surface area contributed by atoms with Gasteiger partial charge in [-0.25, -0.2) is 9.78 Å². The molecule has 208 valence electrons. The van der Waals surface area contributed by atoms with Gasteiger partial charge in [-0.2, -0.15) is 0 Å². The number of carbonyl (C=O) groups is 1. The fraction of sp³-hybridized carbons (Fsp3) is 0.156. The highest BCUT2D eigenvalue weighted by atomic mass is 35.5. The van der Waals surface area contributed by atoms with Gasteiger partial charge in [0.2, 0.25) is 0 Å². The third kappa shape index (κ3) is 6.10. The third-order valence-corrected chi connectivity index (χ3v) is 8.03. The Labute approximate surface area is 253 Å². The van der Waals surface area contributed by atoms with Crippen molar-refractivity contribution in [3.63, 3.8) is 0 Å². The van der Waals surface area contributed by atoms with Crippen LogP contribution in [0.1, 0.15) is 29.9 Å². The van der Waals surface area contributed by atoms with E-state index in [9.17, 15) is 9.59 Å². The fourth-order valence-corrected chi connectivity index (χ4v) is 5.40. The maximum Gasteiger partial charge on any atom is 0.322 e. The van der Waals surface area contributed by atoms with Crippen molar-refractivity contribution in [3.8, 4) is 5.69 Å². The molecule has 0 radical (unpaired) electrons. The lowest BCUT2D eigenvalue weighted by Gasteiger charge is -2.31. The van der Waals surface area contributed by atoms with E-state index >= 15 is 0 Å².